The van der Waals surface area contributed by atoms with Crippen molar-refractivity contribution in [2.24, 2.45) is 0 Å². The lowest BCUT2D eigenvalue weighted by Gasteiger charge is -2.09. The van der Waals surface area contributed by atoms with Gasteiger partial charge in [0.15, 0.2) is 0 Å². The minimum atomic E-state index is 0.339. The normalized spacial score (nSPS) is 12.6. The molecule has 3 nitrogen and oxygen atoms in total. The third-order valence-corrected chi connectivity index (χ3v) is 2.78. The third kappa shape index (κ3) is 2.58. The largest absolute Gasteiger partial charge is 0.414 e. The maximum Gasteiger partial charge on any atom is 0.284 e. The van der Waals surface area contributed by atoms with E-state index in [9.17, 15) is 0 Å². The van der Waals surface area contributed by atoms with Gasteiger partial charge < -0.3 is 4.42 Å². The Labute approximate surface area is 99.5 Å². The van der Waals surface area contributed by atoms with Gasteiger partial charge in [-0.1, -0.05) is 36.8 Å². The van der Waals surface area contributed by atoms with Crippen LogP contribution in [0.2, 0.25) is 0 Å². The highest BCUT2D eigenvalue weighted by atomic mass is 32.1. The summed E-state index contributed by atoms with van der Waals surface area (Å²) in [6.45, 7) is 4.24. The average molecular weight is 234 g/mol. The molecule has 0 spiro atoms. The van der Waals surface area contributed by atoms with E-state index < -0.39 is 0 Å². The van der Waals surface area contributed by atoms with Crippen molar-refractivity contribution in [3.8, 4) is 0 Å². The van der Waals surface area contributed by atoms with E-state index in [-0.39, 0.29) is 0 Å². The SMILES string of the molecule is Cc1ccc(C(C)Cc2n[nH]c(=S)o2)cc1. The van der Waals surface area contributed by atoms with Gasteiger partial charge in [0.05, 0.1) is 0 Å². The van der Waals surface area contributed by atoms with Gasteiger partial charge >= 0.3 is 0 Å². The molecule has 0 aliphatic carbocycles. The molecule has 0 bridgehead atoms. The number of H-pyrrole nitrogens is 1. The van der Waals surface area contributed by atoms with Crippen molar-refractivity contribution in [1.29, 1.82) is 0 Å². The minimum Gasteiger partial charge on any atom is -0.414 e. The van der Waals surface area contributed by atoms with Crippen molar-refractivity contribution in [2.45, 2.75) is 26.2 Å². The van der Waals surface area contributed by atoms with Crippen molar-refractivity contribution in [3.05, 3.63) is 46.1 Å². The van der Waals surface area contributed by atoms with Crippen LogP contribution in [0.1, 0.15) is 29.9 Å². The highest BCUT2D eigenvalue weighted by molar-refractivity contribution is 7.71. The van der Waals surface area contributed by atoms with E-state index in [1.165, 1.54) is 11.1 Å². The molecule has 2 aromatic rings. The van der Waals surface area contributed by atoms with Gasteiger partial charge in [0.2, 0.25) is 5.89 Å². The first kappa shape index (κ1) is 11.1. The van der Waals surface area contributed by atoms with Crippen LogP contribution in [0, 0.1) is 11.8 Å². The van der Waals surface area contributed by atoms with Gasteiger partial charge in [0.1, 0.15) is 0 Å². The molecule has 0 aliphatic rings. The van der Waals surface area contributed by atoms with Crippen LogP contribution in [0.25, 0.3) is 0 Å². The van der Waals surface area contributed by atoms with Crippen LogP contribution >= 0.6 is 12.2 Å². The summed E-state index contributed by atoms with van der Waals surface area (Å²) in [5.41, 5.74) is 2.56. The molecular formula is C12H14N2OS. The number of aromatic amines is 1. The van der Waals surface area contributed by atoms with Gasteiger partial charge in [-0.25, -0.2) is 5.10 Å². The Kier molecular flexibility index (Phi) is 3.19. The maximum atomic E-state index is 5.25. The number of benzene rings is 1. The number of nitrogens with zero attached hydrogens (tertiary/aromatic N) is 1. The summed E-state index contributed by atoms with van der Waals surface area (Å²) < 4.78 is 5.25. The molecule has 0 radical (unpaired) electrons. The summed E-state index contributed by atoms with van der Waals surface area (Å²) in [6, 6.07) is 8.51. The molecule has 1 atom stereocenters. The zero-order valence-electron chi connectivity index (χ0n) is 9.36. The Bertz CT molecular complexity index is 512. The lowest BCUT2D eigenvalue weighted by atomic mass is 9.97. The molecule has 1 heterocycles. The molecule has 0 saturated heterocycles. The Morgan fingerprint density at radius 3 is 2.62 bits per heavy atom. The summed E-state index contributed by atoms with van der Waals surface area (Å²) in [4.78, 5) is 0.339. The predicted octanol–water partition coefficient (Wildman–Crippen LogP) is 3.39. The number of hydrogen-bond donors (Lipinski definition) is 1. The van der Waals surface area contributed by atoms with Crippen LogP contribution < -0.4 is 0 Å². The zero-order valence-corrected chi connectivity index (χ0v) is 10.2. The van der Waals surface area contributed by atoms with E-state index in [1.807, 2.05) is 0 Å². The van der Waals surface area contributed by atoms with Crippen LogP contribution in [-0.4, -0.2) is 10.2 Å². The Morgan fingerprint density at radius 1 is 1.38 bits per heavy atom. The summed E-state index contributed by atoms with van der Waals surface area (Å²) >= 11 is 4.83. The van der Waals surface area contributed by atoms with Crippen molar-refractivity contribution < 1.29 is 4.42 Å². The van der Waals surface area contributed by atoms with Gasteiger partial charge in [-0.3, -0.25) is 0 Å². The Morgan fingerprint density at radius 2 is 2.06 bits per heavy atom. The lowest BCUT2D eigenvalue weighted by Crippen LogP contribution is -1.98. The Balaban J connectivity index is 2.11. The first-order chi connectivity index (χ1) is 7.65. The van der Waals surface area contributed by atoms with Crippen molar-refractivity contribution in [2.75, 3.05) is 0 Å². The van der Waals surface area contributed by atoms with Gasteiger partial charge in [0.25, 0.3) is 4.84 Å². The maximum absolute atomic E-state index is 5.25. The van der Waals surface area contributed by atoms with Crippen LogP contribution in [0.3, 0.4) is 0 Å². The number of nitrogens with one attached hydrogen (secondary N) is 1. The van der Waals surface area contributed by atoms with Gasteiger partial charge in [-0.05, 0) is 30.6 Å². The number of aryl methyl sites for hydroxylation is 1. The molecule has 0 amide bonds. The standard InChI is InChI=1S/C12H14N2OS/c1-8-3-5-10(6-4-8)9(2)7-11-13-14-12(16)15-11/h3-6,9H,7H2,1-2H3,(H,14,16). The van der Waals surface area contributed by atoms with E-state index in [2.05, 4.69) is 48.3 Å². The lowest BCUT2D eigenvalue weighted by molar-refractivity contribution is 0.466. The van der Waals surface area contributed by atoms with Crippen LogP contribution in [0.15, 0.2) is 28.7 Å². The summed E-state index contributed by atoms with van der Waals surface area (Å²) in [5.74, 6) is 1.04. The van der Waals surface area contributed by atoms with Crippen molar-refractivity contribution >= 4 is 12.2 Å². The van der Waals surface area contributed by atoms with Crippen molar-refractivity contribution in [1.82, 2.24) is 10.2 Å². The molecule has 4 heteroatoms. The predicted molar refractivity (Wildman–Crippen MR) is 65.0 cm³/mol. The fraction of sp³-hybridized carbons (Fsp3) is 0.333. The van der Waals surface area contributed by atoms with E-state index in [0.717, 1.165) is 6.42 Å². The van der Waals surface area contributed by atoms with E-state index in [0.29, 0.717) is 16.6 Å². The molecule has 1 aromatic carbocycles. The Hall–Kier alpha value is -1.42. The van der Waals surface area contributed by atoms with Crippen molar-refractivity contribution in [3.63, 3.8) is 0 Å². The molecule has 2 rings (SSSR count). The molecule has 84 valence electrons. The average Bonchev–Trinajstić information content (AvgIpc) is 2.65. The fourth-order valence-corrected chi connectivity index (χ4v) is 1.76. The second-order valence-corrected chi connectivity index (χ2v) is 4.39. The highest BCUT2D eigenvalue weighted by Gasteiger charge is 2.09. The first-order valence-corrected chi connectivity index (χ1v) is 5.67. The monoisotopic (exact) mass is 234 g/mol. The molecule has 1 N–H and O–H groups in total. The van der Waals surface area contributed by atoms with Crippen LogP contribution in [0.4, 0.5) is 0 Å². The summed E-state index contributed by atoms with van der Waals surface area (Å²) in [7, 11) is 0. The molecule has 1 unspecified atom stereocenters. The highest BCUT2D eigenvalue weighted by Crippen LogP contribution is 2.19. The molecule has 16 heavy (non-hydrogen) atoms. The molecule has 0 fully saturated rings. The molecule has 1 aromatic heterocycles. The number of rotatable bonds is 3. The summed E-state index contributed by atoms with van der Waals surface area (Å²) in [5, 5.41) is 6.64. The third-order valence-electron chi connectivity index (χ3n) is 2.61. The van der Waals surface area contributed by atoms with Gasteiger partial charge in [-0.2, -0.15) is 0 Å². The molecular weight excluding hydrogens is 220 g/mol. The number of hydrogen-bond acceptors (Lipinski definition) is 3. The van der Waals surface area contributed by atoms with Crippen LogP contribution in [0.5, 0.6) is 0 Å². The van der Waals surface area contributed by atoms with Gasteiger partial charge in [-0.15, -0.1) is 5.10 Å². The first-order valence-electron chi connectivity index (χ1n) is 5.26. The minimum absolute atomic E-state index is 0.339. The van der Waals surface area contributed by atoms with Crippen LogP contribution in [-0.2, 0) is 6.42 Å². The van der Waals surface area contributed by atoms with E-state index >= 15 is 0 Å². The second-order valence-electron chi connectivity index (χ2n) is 4.02. The van der Waals surface area contributed by atoms with Gasteiger partial charge in [0, 0.05) is 6.42 Å². The number of aromatic nitrogens is 2. The topological polar surface area (TPSA) is 41.8 Å². The quantitative estimate of drug-likeness (QED) is 0.828. The zero-order chi connectivity index (χ0) is 11.5. The summed E-state index contributed by atoms with van der Waals surface area (Å²) in [6.07, 6.45) is 0.760. The van der Waals surface area contributed by atoms with E-state index in [1.54, 1.807) is 0 Å². The second kappa shape index (κ2) is 4.61. The molecule has 0 saturated carbocycles. The fourth-order valence-electron chi connectivity index (χ4n) is 1.62. The van der Waals surface area contributed by atoms with E-state index in [4.69, 9.17) is 16.6 Å². The molecule has 0 aliphatic heterocycles. The smallest absolute Gasteiger partial charge is 0.284 e.